The standard InChI is InChI=1S/C4H7ClO/c1-6-4-2-3-5/h2-3H,4H2,1H3. The van der Waals surface area contributed by atoms with Crippen molar-refractivity contribution in [1.82, 2.24) is 0 Å². The Bertz CT molecular complexity index is 42.8. The maximum atomic E-state index is 5.12. The third-order valence-electron chi connectivity index (χ3n) is 0.352. The first-order valence-corrected chi connectivity index (χ1v) is 2.09. The molecule has 0 fully saturated rings. The van der Waals surface area contributed by atoms with E-state index in [0.29, 0.717) is 6.61 Å². The van der Waals surface area contributed by atoms with Gasteiger partial charge in [0.1, 0.15) is 0 Å². The van der Waals surface area contributed by atoms with Crippen molar-refractivity contribution in [2.75, 3.05) is 13.7 Å². The quantitative estimate of drug-likeness (QED) is 0.517. The van der Waals surface area contributed by atoms with Crippen LogP contribution in [0.1, 0.15) is 0 Å². The minimum absolute atomic E-state index is 0.601. The number of halogens is 1. The molecule has 0 aromatic carbocycles. The molecule has 0 saturated heterocycles. The van der Waals surface area contributed by atoms with Crippen LogP contribution in [0.2, 0.25) is 0 Å². The SMILES string of the molecule is COCC=CCl. The van der Waals surface area contributed by atoms with Crippen molar-refractivity contribution >= 4 is 11.6 Å². The first-order chi connectivity index (χ1) is 2.91. The molecule has 0 rings (SSSR count). The molecule has 0 aliphatic heterocycles. The van der Waals surface area contributed by atoms with Crippen LogP contribution >= 0.6 is 11.6 Å². The van der Waals surface area contributed by atoms with Gasteiger partial charge in [-0.25, -0.2) is 0 Å². The van der Waals surface area contributed by atoms with Crippen molar-refractivity contribution in [3.8, 4) is 0 Å². The Morgan fingerprint density at radius 3 is 2.67 bits per heavy atom. The molecular weight excluding hydrogens is 99.5 g/mol. The van der Waals surface area contributed by atoms with Crippen LogP contribution in [-0.2, 0) is 4.74 Å². The topological polar surface area (TPSA) is 9.23 Å². The normalized spacial score (nSPS) is 10.3. The first kappa shape index (κ1) is 5.99. The molecule has 1 nitrogen and oxygen atoms in total. The van der Waals surface area contributed by atoms with E-state index in [1.165, 1.54) is 5.54 Å². The van der Waals surface area contributed by atoms with Crippen molar-refractivity contribution < 1.29 is 4.74 Å². The summed E-state index contributed by atoms with van der Waals surface area (Å²) in [6.07, 6.45) is 1.72. The summed E-state index contributed by atoms with van der Waals surface area (Å²) in [5.41, 5.74) is 1.43. The molecule has 0 radical (unpaired) electrons. The number of ether oxygens (including phenoxy) is 1. The maximum absolute atomic E-state index is 5.12. The molecule has 36 valence electrons. The summed E-state index contributed by atoms with van der Waals surface area (Å²) in [6.45, 7) is 0.601. The minimum atomic E-state index is 0.601. The molecule has 6 heavy (non-hydrogen) atoms. The smallest absolute Gasteiger partial charge is 0.0655 e. The number of methoxy groups -OCH3 is 1. The fourth-order valence-electron chi connectivity index (χ4n) is 0.133. The lowest BCUT2D eigenvalue weighted by Gasteiger charge is -1.81. The number of hydrogen-bond donors (Lipinski definition) is 0. The molecule has 0 aromatic rings. The average molecular weight is 107 g/mol. The van der Waals surface area contributed by atoms with Gasteiger partial charge in [0, 0.05) is 12.6 Å². The second-order valence-electron chi connectivity index (χ2n) is 0.817. The Kier molecular flexibility index (Phi) is 4.98. The van der Waals surface area contributed by atoms with Crippen LogP contribution in [0.15, 0.2) is 11.6 Å². The van der Waals surface area contributed by atoms with Gasteiger partial charge in [-0.1, -0.05) is 11.6 Å². The molecule has 0 amide bonds. The molecule has 0 unspecified atom stereocenters. The van der Waals surface area contributed by atoms with Crippen LogP contribution < -0.4 is 0 Å². The Hall–Kier alpha value is -0.0100. The van der Waals surface area contributed by atoms with Crippen LogP contribution in [0, 0.1) is 0 Å². The summed E-state index contributed by atoms with van der Waals surface area (Å²) in [6, 6.07) is 0. The monoisotopic (exact) mass is 106 g/mol. The van der Waals surface area contributed by atoms with Crippen LogP contribution in [0.3, 0.4) is 0 Å². The van der Waals surface area contributed by atoms with Gasteiger partial charge in [-0.05, 0) is 6.08 Å². The van der Waals surface area contributed by atoms with Gasteiger partial charge in [-0.3, -0.25) is 0 Å². The van der Waals surface area contributed by atoms with Gasteiger partial charge >= 0.3 is 0 Å². The summed E-state index contributed by atoms with van der Waals surface area (Å²) in [5, 5.41) is 0. The highest BCUT2D eigenvalue weighted by atomic mass is 35.5. The van der Waals surface area contributed by atoms with E-state index in [1.54, 1.807) is 13.2 Å². The molecule has 2 heteroatoms. The second-order valence-corrected chi connectivity index (χ2v) is 1.07. The van der Waals surface area contributed by atoms with E-state index in [2.05, 4.69) is 4.74 Å². The van der Waals surface area contributed by atoms with E-state index in [0.717, 1.165) is 0 Å². The maximum Gasteiger partial charge on any atom is 0.0655 e. The predicted molar refractivity (Wildman–Crippen MR) is 26.9 cm³/mol. The van der Waals surface area contributed by atoms with Crippen LogP contribution in [0.4, 0.5) is 0 Å². The van der Waals surface area contributed by atoms with Crippen molar-refractivity contribution in [3.63, 3.8) is 0 Å². The largest absolute Gasteiger partial charge is 0.381 e. The third-order valence-corrected chi connectivity index (χ3v) is 0.530. The molecular formula is C4H7ClO. The lowest BCUT2D eigenvalue weighted by atomic mass is 10.7. The zero-order valence-electron chi connectivity index (χ0n) is 3.65. The zero-order chi connectivity index (χ0) is 4.83. The van der Waals surface area contributed by atoms with Gasteiger partial charge in [0.2, 0.25) is 0 Å². The van der Waals surface area contributed by atoms with Gasteiger partial charge in [-0.2, -0.15) is 0 Å². The lowest BCUT2D eigenvalue weighted by Crippen LogP contribution is -1.77. The van der Waals surface area contributed by atoms with E-state index >= 15 is 0 Å². The van der Waals surface area contributed by atoms with Gasteiger partial charge in [0.25, 0.3) is 0 Å². The Morgan fingerprint density at radius 2 is 2.50 bits per heavy atom. The number of hydrogen-bond acceptors (Lipinski definition) is 1. The van der Waals surface area contributed by atoms with Crippen molar-refractivity contribution in [3.05, 3.63) is 11.6 Å². The fraction of sp³-hybridized carbons (Fsp3) is 0.500. The minimum Gasteiger partial charge on any atom is -0.381 e. The highest BCUT2D eigenvalue weighted by Gasteiger charge is 1.63. The number of rotatable bonds is 2. The molecule has 0 heterocycles. The molecule has 0 N–H and O–H groups in total. The van der Waals surface area contributed by atoms with E-state index in [1.807, 2.05) is 0 Å². The van der Waals surface area contributed by atoms with Crippen molar-refractivity contribution in [2.24, 2.45) is 0 Å². The van der Waals surface area contributed by atoms with Crippen molar-refractivity contribution in [1.29, 1.82) is 0 Å². The highest BCUT2D eigenvalue weighted by molar-refractivity contribution is 6.25. The summed E-state index contributed by atoms with van der Waals surface area (Å²) >= 11 is 5.12. The van der Waals surface area contributed by atoms with E-state index in [-0.39, 0.29) is 0 Å². The highest BCUT2D eigenvalue weighted by Crippen LogP contribution is 1.76. The fourth-order valence-corrected chi connectivity index (χ4v) is 0.205. The summed E-state index contributed by atoms with van der Waals surface area (Å²) < 4.78 is 4.61. The Balaban J connectivity index is 2.66. The summed E-state index contributed by atoms with van der Waals surface area (Å²) in [5.74, 6) is 0. The van der Waals surface area contributed by atoms with E-state index in [4.69, 9.17) is 11.6 Å². The third kappa shape index (κ3) is 3.99. The van der Waals surface area contributed by atoms with Gasteiger partial charge in [0.15, 0.2) is 0 Å². The summed E-state index contributed by atoms with van der Waals surface area (Å²) in [7, 11) is 1.62. The van der Waals surface area contributed by atoms with Crippen LogP contribution in [0.5, 0.6) is 0 Å². The second kappa shape index (κ2) is 4.99. The Morgan fingerprint density at radius 1 is 1.83 bits per heavy atom. The molecule has 0 atom stereocenters. The first-order valence-electron chi connectivity index (χ1n) is 1.66. The molecule has 0 aromatic heterocycles. The zero-order valence-corrected chi connectivity index (χ0v) is 4.40. The van der Waals surface area contributed by atoms with E-state index in [9.17, 15) is 0 Å². The molecule has 0 saturated carbocycles. The lowest BCUT2D eigenvalue weighted by molar-refractivity contribution is 0.234. The van der Waals surface area contributed by atoms with Crippen molar-refractivity contribution in [2.45, 2.75) is 0 Å². The van der Waals surface area contributed by atoms with Gasteiger partial charge < -0.3 is 4.74 Å². The van der Waals surface area contributed by atoms with Crippen LogP contribution in [-0.4, -0.2) is 13.7 Å². The van der Waals surface area contributed by atoms with Crippen LogP contribution in [0.25, 0.3) is 0 Å². The average Bonchev–Trinajstić information content (AvgIpc) is 1.61. The van der Waals surface area contributed by atoms with Gasteiger partial charge in [0.05, 0.1) is 6.61 Å². The molecule has 0 spiro atoms. The summed E-state index contributed by atoms with van der Waals surface area (Å²) in [4.78, 5) is 0. The Labute approximate surface area is 42.6 Å². The van der Waals surface area contributed by atoms with E-state index < -0.39 is 0 Å². The molecule has 0 bridgehead atoms. The van der Waals surface area contributed by atoms with Gasteiger partial charge in [-0.15, -0.1) is 0 Å². The molecule has 0 aliphatic carbocycles. The predicted octanol–water partition coefficient (Wildman–Crippen LogP) is 1.39. The molecule has 0 aliphatic rings.